The maximum Gasteiger partial charge on any atom is 0.262 e. The van der Waals surface area contributed by atoms with Crippen molar-refractivity contribution in [2.75, 3.05) is 23.8 Å². The average molecular weight is 504 g/mol. The van der Waals surface area contributed by atoms with Crippen molar-refractivity contribution in [3.8, 4) is 11.5 Å². The van der Waals surface area contributed by atoms with E-state index in [2.05, 4.69) is 26.6 Å². The Labute approximate surface area is 195 Å². The van der Waals surface area contributed by atoms with E-state index in [1.165, 1.54) is 0 Å². The molecule has 3 aromatic carbocycles. The molecule has 7 heteroatoms. The molecule has 0 saturated heterocycles. The van der Waals surface area contributed by atoms with Crippen LogP contribution in [0.25, 0.3) is 0 Å². The van der Waals surface area contributed by atoms with Crippen LogP contribution in [0.5, 0.6) is 11.5 Å². The lowest BCUT2D eigenvalue weighted by Gasteiger charge is -2.16. The summed E-state index contributed by atoms with van der Waals surface area (Å²) < 4.78 is 12.3. The number of nitrogens with one attached hydrogen (secondary N) is 2. The summed E-state index contributed by atoms with van der Waals surface area (Å²) in [5.74, 6) is 0.809. The van der Waals surface area contributed by atoms with Gasteiger partial charge in [-0.1, -0.05) is 35.9 Å². The Morgan fingerprint density at radius 3 is 2.61 bits per heavy atom. The van der Waals surface area contributed by atoms with E-state index in [9.17, 15) is 4.79 Å². The van der Waals surface area contributed by atoms with Crippen molar-refractivity contribution in [2.24, 2.45) is 0 Å². The van der Waals surface area contributed by atoms with E-state index in [0.717, 1.165) is 22.5 Å². The highest BCUT2D eigenvalue weighted by Gasteiger charge is 2.14. The van der Waals surface area contributed by atoms with Crippen molar-refractivity contribution in [3.05, 3.63) is 81.3 Å². The first kappa shape index (κ1) is 23.0. The third-order valence-corrected chi connectivity index (χ3v) is 5.29. The molecule has 0 saturated carbocycles. The van der Waals surface area contributed by atoms with Gasteiger partial charge in [-0.15, -0.1) is 0 Å². The lowest BCUT2D eigenvalue weighted by molar-refractivity contribution is -0.118. The van der Waals surface area contributed by atoms with Gasteiger partial charge in [0, 0.05) is 12.2 Å². The summed E-state index contributed by atoms with van der Waals surface area (Å²) in [6.45, 7) is 4.76. The second-order valence-corrected chi connectivity index (χ2v) is 8.14. The van der Waals surface area contributed by atoms with Gasteiger partial charge in [-0.2, -0.15) is 0 Å². The monoisotopic (exact) mass is 502 g/mol. The minimum atomic E-state index is -0.246. The number of aryl methyl sites for hydroxylation is 1. The first-order valence-electron chi connectivity index (χ1n) is 9.89. The smallest absolute Gasteiger partial charge is 0.262 e. The minimum Gasteiger partial charge on any atom is -0.490 e. The predicted molar refractivity (Wildman–Crippen MR) is 129 cm³/mol. The van der Waals surface area contributed by atoms with E-state index in [4.69, 9.17) is 21.1 Å². The molecule has 0 aliphatic rings. The number of para-hydroxylation sites is 1. The molecule has 2 N–H and O–H groups in total. The molecule has 162 valence electrons. The van der Waals surface area contributed by atoms with Gasteiger partial charge < -0.3 is 20.1 Å². The van der Waals surface area contributed by atoms with Crippen LogP contribution in [0.3, 0.4) is 0 Å². The van der Waals surface area contributed by atoms with Gasteiger partial charge in [0.15, 0.2) is 18.1 Å². The van der Waals surface area contributed by atoms with Crippen LogP contribution in [0, 0.1) is 6.92 Å². The molecular weight excluding hydrogens is 480 g/mol. The first-order chi connectivity index (χ1) is 15.0. The molecule has 0 heterocycles. The Morgan fingerprint density at radius 2 is 1.87 bits per heavy atom. The molecule has 1 amide bonds. The molecule has 0 aromatic heterocycles. The number of hydrogen-bond donors (Lipinski definition) is 2. The van der Waals surface area contributed by atoms with Crippen LogP contribution in [0.15, 0.2) is 65.1 Å². The van der Waals surface area contributed by atoms with Crippen molar-refractivity contribution >= 4 is 44.8 Å². The quantitative estimate of drug-likeness (QED) is 0.353. The van der Waals surface area contributed by atoms with Crippen LogP contribution in [0.4, 0.5) is 11.4 Å². The number of anilines is 2. The summed E-state index contributed by atoms with van der Waals surface area (Å²) in [5.41, 5.74) is 3.64. The average Bonchev–Trinajstić information content (AvgIpc) is 2.73. The molecule has 0 bridgehead atoms. The van der Waals surface area contributed by atoms with E-state index < -0.39 is 0 Å². The molecule has 3 aromatic rings. The normalized spacial score (nSPS) is 10.5. The Kier molecular flexibility index (Phi) is 8.20. The van der Waals surface area contributed by atoms with Crippen LogP contribution in [0.2, 0.25) is 5.02 Å². The van der Waals surface area contributed by atoms with E-state index in [0.29, 0.717) is 34.1 Å². The van der Waals surface area contributed by atoms with Gasteiger partial charge in [0.2, 0.25) is 0 Å². The minimum absolute atomic E-state index is 0.135. The van der Waals surface area contributed by atoms with Gasteiger partial charge in [-0.05, 0) is 77.3 Å². The van der Waals surface area contributed by atoms with Crippen molar-refractivity contribution in [1.82, 2.24) is 0 Å². The zero-order valence-corrected chi connectivity index (χ0v) is 19.7. The Bertz CT molecular complexity index is 1060. The molecule has 3 rings (SSSR count). The molecular formula is C24H24BrClN2O3. The Hall–Kier alpha value is -2.70. The number of halogens is 2. The third kappa shape index (κ3) is 6.64. The number of hydrogen-bond acceptors (Lipinski definition) is 4. The Balaban J connectivity index is 1.68. The van der Waals surface area contributed by atoms with Crippen LogP contribution in [-0.2, 0) is 11.3 Å². The fourth-order valence-electron chi connectivity index (χ4n) is 2.99. The largest absolute Gasteiger partial charge is 0.490 e. The van der Waals surface area contributed by atoms with Crippen LogP contribution >= 0.6 is 27.5 Å². The molecule has 0 atom stereocenters. The van der Waals surface area contributed by atoms with Gasteiger partial charge in [0.05, 0.1) is 21.8 Å². The summed E-state index contributed by atoms with van der Waals surface area (Å²) >= 11 is 9.76. The van der Waals surface area contributed by atoms with Gasteiger partial charge in [0.25, 0.3) is 5.91 Å². The highest BCUT2D eigenvalue weighted by molar-refractivity contribution is 9.10. The summed E-state index contributed by atoms with van der Waals surface area (Å²) in [6, 6.07) is 19.0. The van der Waals surface area contributed by atoms with Gasteiger partial charge in [-0.3, -0.25) is 4.79 Å². The fourth-order valence-corrected chi connectivity index (χ4v) is 3.79. The lowest BCUT2D eigenvalue weighted by Crippen LogP contribution is -2.20. The number of amides is 1. The predicted octanol–water partition coefficient (Wildman–Crippen LogP) is 6.44. The summed E-state index contributed by atoms with van der Waals surface area (Å²) in [7, 11) is 0. The zero-order valence-electron chi connectivity index (χ0n) is 17.4. The van der Waals surface area contributed by atoms with Gasteiger partial charge in [-0.25, -0.2) is 0 Å². The number of rotatable bonds is 9. The number of carbonyl (C=O) groups excluding carboxylic acids is 1. The summed E-state index contributed by atoms with van der Waals surface area (Å²) in [6.07, 6.45) is 0. The molecule has 0 aliphatic carbocycles. The number of benzene rings is 3. The van der Waals surface area contributed by atoms with Crippen LogP contribution < -0.4 is 20.1 Å². The third-order valence-electron chi connectivity index (χ3n) is 4.38. The van der Waals surface area contributed by atoms with Crippen LogP contribution in [0.1, 0.15) is 18.1 Å². The second-order valence-electron chi connectivity index (χ2n) is 6.88. The second kappa shape index (κ2) is 11.1. The molecule has 0 spiro atoms. The Morgan fingerprint density at radius 1 is 1.06 bits per heavy atom. The van der Waals surface area contributed by atoms with Gasteiger partial charge in [0.1, 0.15) is 0 Å². The molecule has 0 fully saturated rings. The molecule has 5 nitrogen and oxygen atoms in total. The van der Waals surface area contributed by atoms with Crippen molar-refractivity contribution in [2.45, 2.75) is 20.4 Å². The fraction of sp³-hybridized carbons (Fsp3) is 0.208. The van der Waals surface area contributed by atoms with Crippen molar-refractivity contribution in [1.29, 1.82) is 0 Å². The SMILES string of the molecule is CCOc1cc(CNc2ccccc2Cl)cc(Br)c1OCC(=O)Nc1cccc(C)c1. The van der Waals surface area contributed by atoms with Crippen LogP contribution in [-0.4, -0.2) is 19.1 Å². The van der Waals surface area contributed by atoms with E-state index in [-0.39, 0.29) is 12.5 Å². The number of ether oxygens (including phenoxy) is 2. The van der Waals surface area contributed by atoms with Gasteiger partial charge >= 0.3 is 0 Å². The van der Waals surface area contributed by atoms with Crippen molar-refractivity contribution < 1.29 is 14.3 Å². The lowest BCUT2D eigenvalue weighted by atomic mass is 10.2. The maximum absolute atomic E-state index is 12.3. The summed E-state index contributed by atoms with van der Waals surface area (Å²) in [5, 5.41) is 6.81. The molecule has 0 unspecified atom stereocenters. The van der Waals surface area contributed by atoms with Crippen molar-refractivity contribution in [3.63, 3.8) is 0 Å². The highest BCUT2D eigenvalue weighted by atomic mass is 79.9. The topological polar surface area (TPSA) is 59.6 Å². The van der Waals surface area contributed by atoms with E-state index >= 15 is 0 Å². The standard InChI is InChI=1S/C24H24BrClN2O3/c1-3-30-22-13-17(14-27-21-10-5-4-9-20(21)26)12-19(25)24(22)31-15-23(29)28-18-8-6-7-16(2)11-18/h4-13,27H,3,14-15H2,1-2H3,(H,28,29). The highest BCUT2D eigenvalue weighted by Crippen LogP contribution is 2.37. The molecule has 0 aliphatic heterocycles. The molecule has 0 radical (unpaired) electrons. The maximum atomic E-state index is 12.3. The summed E-state index contributed by atoms with van der Waals surface area (Å²) in [4.78, 5) is 12.3. The number of carbonyl (C=O) groups is 1. The molecule has 31 heavy (non-hydrogen) atoms. The zero-order chi connectivity index (χ0) is 22.2. The van der Waals surface area contributed by atoms with E-state index in [1.807, 2.05) is 74.5 Å². The first-order valence-corrected chi connectivity index (χ1v) is 11.1. The van der Waals surface area contributed by atoms with E-state index in [1.54, 1.807) is 0 Å².